The number of halogens is 2. The van der Waals surface area contributed by atoms with Gasteiger partial charge in [0.1, 0.15) is 23.4 Å². The molecule has 2 heterocycles. The van der Waals surface area contributed by atoms with Crippen molar-refractivity contribution in [3.8, 4) is 16.9 Å². The minimum Gasteiger partial charge on any atom is -0.508 e. The van der Waals surface area contributed by atoms with Gasteiger partial charge < -0.3 is 14.9 Å². The lowest BCUT2D eigenvalue weighted by Gasteiger charge is -2.35. The number of aromatic hydroxyl groups is 1. The number of aromatic nitrogens is 2. The lowest BCUT2D eigenvalue weighted by atomic mass is 9.96. The van der Waals surface area contributed by atoms with Gasteiger partial charge in [-0.1, -0.05) is 42.8 Å². The summed E-state index contributed by atoms with van der Waals surface area (Å²) in [6.07, 6.45) is 1.83. The third-order valence-electron chi connectivity index (χ3n) is 6.15. The Balaban J connectivity index is 1.62. The van der Waals surface area contributed by atoms with Gasteiger partial charge in [-0.3, -0.25) is 4.79 Å². The highest BCUT2D eigenvalue weighted by atomic mass is 35.5. The predicted octanol–water partition coefficient (Wildman–Crippen LogP) is 5.01. The Morgan fingerprint density at radius 3 is 2.61 bits per heavy atom. The van der Waals surface area contributed by atoms with Crippen LogP contribution in [0.2, 0.25) is 5.02 Å². The number of phenolic OH excluding ortho intramolecular Hbond substituents is 1. The molecule has 168 valence electrons. The van der Waals surface area contributed by atoms with E-state index >= 15 is 4.39 Å². The Hall–Kier alpha value is -3.45. The van der Waals surface area contributed by atoms with Crippen LogP contribution < -0.4 is 4.90 Å². The number of hydrogen-bond donors (Lipinski definition) is 1. The molecule has 6 nitrogen and oxygen atoms in total. The van der Waals surface area contributed by atoms with E-state index in [2.05, 4.69) is 9.97 Å². The summed E-state index contributed by atoms with van der Waals surface area (Å²) in [6.45, 7) is 4.21. The van der Waals surface area contributed by atoms with Gasteiger partial charge in [-0.05, 0) is 34.5 Å². The average Bonchev–Trinajstić information content (AvgIpc) is 2.83. The zero-order valence-corrected chi connectivity index (χ0v) is 18.8. The number of carbonyl (C=O) groups excluding carboxylic acids is 1. The summed E-state index contributed by atoms with van der Waals surface area (Å²) in [7, 11) is 0. The van der Waals surface area contributed by atoms with E-state index < -0.39 is 5.82 Å². The third kappa shape index (κ3) is 3.72. The Kier molecular flexibility index (Phi) is 5.50. The fraction of sp³-hybridized carbons (Fsp3) is 0.240. The molecule has 5 rings (SSSR count). The van der Waals surface area contributed by atoms with Gasteiger partial charge in [-0.25, -0.2) is 14.4 Å². The van der Waals surface area contributed by atoms with Crippen LogP contribution in [-0.2, 0) is 4.79 Å². The number of anilines is 1. The molecule has 8 heteroatoms. The lowest BCUT2D eigenvalue weighted by molar-refractivity contribution is -0.131. The van der Waals surface area contributed by atoms with Crippen LogP contribution >= 0.6 is 11.6 Å². The van der Waals surface area contributed by atoms with Crippen molar-refractivity contribution in [2.24, 2.45) is 0 Å². The molecule has 3 aromatic carbocycles. The summed E-state index contributed by atoms with van der Waals surface area (Å²) in [6, 6.07) is 12.3. The van der Waals surface area contributed by atoms with Crippen LogP contribution in [0.3, 0.4) is 0 Å². The average molecular weight is 465 g/mol. The number of phenols is 1. The summed E-state index contributed by atoms with van der Waals surface area (Å²) in [4.78, 5) is 24.5. The normalized spacial score (nSPS) is 14.3. The fourth-order valence-corrected chi connectivity index (χ4v) is 4.80. The number of hydrogen-bond acceptors (Lipinski definition) is 5. The first-order chi connectivity index (χ1) is 16.0. The molecule has 1 aliphatic rings. The first kappa shape index (κ1) is 21.4. The van der Waals surface area contributed by atoms with Crippen LogP contribution in [-0.4, -0.2) is 52.1 Å². The van der Waals surface area contributed by atoms with Gasteiger partial charge in [-0.15, -0.1) is 0 Å². The molecule has 0 unspecified atom stereocenters. The van der Waals surface area contributed by atoms with Gasteiger partial charge in [0.15, 0.2) is 5.82 Å². The Bertz CT molecular complexity index is 1390. The maximum atomic E-state index is 15.9. The number of carbonyl (C=O) groups is 1. The summed E-state index contributed by atoms with van der Waals surface area (Å²) in [5.74, 6) is 0.190. The number of piperazine rings is 1. The van der Waals surface area contributed by atoms with Crippen LogP contribution in [0.5, 0.6) is 5.75 Å². The van der Waals surface area contributed by atoms with Gasteiger partial charge in [0, 0.05) is 43.5 Å². The van der Waals surface area contributed by atoms with Crippen molar-refractivity contribution < 1.29 is 14.3 Å². The Morgan fingerprint density at radius 1 is 1.09 bits per heavy atom. The molecule has 1 amide bonds. The molecular weight excluding hydrogens is 443 g/mol. The van der Waals surface area contributed by atoms with E-state index in [1.54, 1.807) is 12.1 Å². The number of rotatable bonds is 3. The van der Waals surface area contributed by atoms with Gasteiger partial charge in [-0.2, -0.15) is 0 Å². The zero-order chi connectivity index (χ0) is 23.1. The van der Waals surface area contributed by atoms with Crippen LogP contribution in [0.25, 0.3) is 32.8 Å². The van der Waals surface area contributed by atoms with Crippen molar-refractivity contribution in [2.75, 3.05) is 31.1 Å². The standard InChI is InChI=1S/C25H22ClFN4O2/c1-2-21(33)30-7-9-31(10-8-30)25-19-13-20(26)22(23(27)24(19)28-14-29-25)18-12-16(32)11-15-5-3-4-6-17(15)18/h3-6,11-14,32H,2,7-10H2,1H3. The van der Waals surface area contributed by atoms with E-state index in [0.29, 0.717) is 49.4 Å². The smallest absolute Gasteiger partial charge is 0.222 e. The first-order valence-electron chi connectivity index (χ1n) is 10.9. The van der Waals surface area contributed by atoms with Crippen molar-refractivity contribution >= 4 is 45.0 Å². The van der Waals surface area contributed by atoms with E-state index in [1.807, 2.05) is 41.0 Å². The SMILES string of the molecule is CCC(=O)N1CCN(c2ncnc3c(F)c(-c4cc(O)cc5ccccc45)c(Cl)cc23)CC1. The minimum atomic E-state index is -0.559. The Morgan fingerprint density at radius 2 is 1.85 bits per heavy atom. The van der Waals surface area contributed by atoms with E-state index in [-0.39, 0.29) is 27.8 Å². The highest BCUT2D eigenvalue weighted by molar-refractivity contribution is 6.35. The van der Waals surface area contributed by atoms with Crippen LogP contribution in [0.4, 0.5) is 10.2 Å². The summed E-state index contributed by atoms with van der Waals surface area (Å²) in [5.41, 5.74) is 0.861. The molecular formula is C25H22ClFN4O2. The van der Waals surface area contributed by atoms with E-state index in [4.69, 9.17) is 11.6 Å². The van der Waals surface area contributed by atoms with Crippen LogP contribution in [0.1, 0.15) is 13.3 Å². The second kappa shape index (κ2) is 8.48. The number of fused-ring (bicyclic) bond motifs is 2. The van der Waals surface area contributed by atoms with Gasteiger partial charge in [0.05, 0.1) is 5.02 Å². The van der Waals surface area contributed by atoms with E-state index in [1.165, 1.54) is 12.4 Å². The second-order valence-corrected chi connectivity index (χ2v) is 8.48. The van der Waals surface area contributed by atoms with E-state index in [0.717, 1.165) is 10.8 Å². The maximum absolute atomic E-state index is 15.9. The molecule has 1 aromatic heterocycles. The topological polar surface area (TPSA) is 69.6 Å². The third-order valence-corrected chi connectivity index (χ3v) is 6.45. The molecule has 0 saturated carbocycles. The highest BCUT2D eigenvalue weighted by Gasteiger charge is 2.25. The molecule has 33 heavy (non-hydrogen) atoms. The van der Waals surface area contributed by atoms with Gasteiger partial charge in [0.25, 0.3) is 0 Å². The molecule has 0 aliphatic carbocycles. The molecule has 0 radical (unpaired) electrons. The lowest BCUT2D eigenvalue weighted by Crippen LogP contribution is -2.48. The quantitative estimate of drug-likeness (QED) is 0.461. The van der Waals surface area contributed by atoms with Crippen LogP contribution in [0, 0.1) is 5.82 Å². The van der Waals surface area contributed by atoms with Gasteiger partial charge >= 0.3 is 0 Å². The molecule has 1 fully saturated rings. The molecule has 0 bridgehead atoms. The summed E-state index contributed by atoms with van der Waals surface area (Å²) >= 11 is 6.64. The Labute approximate surface area is 195 Å². The van der Waals surface area contributed by atoms with Crippen molar-refractivity contribution in [1.29, 1.82) is 0 Å². The summed E-state index contributed by atoms with van der Waals surface area (Å²) in [5, 5.41) is 12.5. The molecule has 4 aromatic rings. The predicted molar refractivity (Wildman–Crippen MR) is 128 cm³/mol. The monoisotopic (exact) mass is 464 g/mol. The molecule has 1 N–H and O–H groups in total. The largest absolute Gasteiger partial charge is 0.508 e. The highest BCUT2D eigenvalue weighted by Crippen LogP contribution is 2.41. The number of amides is 1. The van der Waals surface area contributed by atoms with Gasteiger partial charge in [0.2, 0.25) is 5.91 Å². The fourth-order valence-electron chi connectivity index (χ4n) is 4.51. The van der Waals surface area contributed by atoms with Crippen molar-refractivity contribution in [2.45, 2.75) is 13.3 Å². The molecule has 1 aliphatic heterocycles. The zero-order valence-electron chi connectivity index (χ0n) is 18.1. The molecule has 0 spiro atoms. The van der Waals surface area contributed by atoms with Crippen molar-refractivity contribution in [3.63, 3.8) is 0 Å². The van der Waals surface area contributed by atoms with E-state index in [9.17, 15) is 9.90 Å². The number of benzene rings is 3. The molecule has 1 saturated heterocycles. The maximum Gasteiger partial charge on any atom is 0.222 e. The number of nitrogens with zero attached hydrogens (tertiary/aromatic N) is 4. The molecule has 0 atom stereocenters. The van der Waals surface area contributed by atoms with Crippen LogP contribution in [0.15, 0.2) is 48.8 Å². The van der Waals surface area contributed by atoms with Crippen molar-refractivity contribution in [1.82, 2.24) is 14.9 Å². The minimum absolute atomic E-state index is 0.0298. The summed E-state index contributed by atoms with van der Waals surface area (Å²) < 4.78 is 15.9. The second-order valence-electron chi connectivity index (χ2n) is 8.08. The first-order valence-corrected chi connectivity index (χ1v) is 11.2. The van der Waals surface area contributed by atoms with Crippen molar-refractivity contribution in [3.05, 3.63) is 59.6 Å².